The molecule has 0 radical (unpaired) electrons. The van der Waals surface area contributed by atoms with E-state index >= 15 is 0 Å². The molecule has 0 aromatic carbocycles. The van der Waals surface area contributed by atoms with Crippen LogP contribution in [0.3, 0.4) is 0 Å². The molecule has 0 atom stereocenters. The van der Waals surface area contributed by atoms with Crippen LogP contribution in [0.25, 0.3) is 0 Å². The smallest absolute Gasteiger partial charge is 0.328 e. The molecule has 0 aromatic rings. The highest BCUT2D eigenvalue weighted by atomic mass is 16.5. The summed E-state index contributed by atoms with van der Waals surface area (Å²) in [6, 6.07) is 0.0522. The molecule has 0 aliphatic carbocycles. The van der Waals surface area contributed by atoms with Crippen molar-refractivity contribution in [3.63, 3.8) is 0 Å². The first-order valence-electron chi connectivity index (χ1n) is 4.47. The van der Waals surface area contributed by atoms with Gasteiger partial charge in [-0.3, -0.25) is 10.1 Å². The summed E-state index contributed by atoms with van der Waals surface area (Å²) in [6.07, 6.45) is 0. The van der Waals surface area contributed by atoms with E-state index in [1.165, 1.54) is 14.2 Å². The number of nitrogens with one attached hydrogen (secondary N) is 1. The fourth-order valence-electron chi connectivity index (χ4n) is 1.36. The summed E-state index contributed by atoms with van der Waals surface area (Å²) >= 11 is 0. The molecule has 14 heavy (non-hydrogen) atoms. The van der Waals surface area contributed by atoms with Crippen LogP contribution < -0.4 is 5.32 Å². The van der Waals surface area contributed by atoms with Gasteiger partial charge in [0.15, 0.2) is 5.54 Å². The van der Waals surface area contributed by atoms with Crippen LogP contribution in [0.4, 0.5) is 0 Å². The van der Waals surface area contributed by atoms with E-state index in [0.29, 0.717) is 0 Å². The molecule has 5 heteroatoms. The number of hydrogen-bond donors (Lipinski definition) is 2. The van der Waals surface area contributed by atoms with Gasteiger partial charge in [0.1, 0.15) is 0 Å². The number of carboxylic acids is 1. The summed E-state index contributed by atoms with van der Waals surface area (Å²) in [5.41, 5.74) is -1.16. The van der Waals surface area contributed by atoms with Crippen molar-refractivity contribution in [3.8, 4) is 0 Å². The molecule has 0 heterocycles. The van der Waals surface area contributed by atoms with E-state index in [-0.39, 0.29) is 19.3 Å². The SMILES string of the molecule is COCC(COC)(NC(C)C)C(=O)O. The number of carboxylic acid groups (broad SMARTS) is 1. The van der Waals surface area contributed by atoms with Gasteiger partial charge in [-0.15, -0.1) is 0 Å². The van der Waals surface area contributed by atoms with E-state index in [0.717, 1.165) is 0 Å². The van der Waals surface area contributed by atoms with Crippen LogP contribution in [0, 0.1) is 0 Å². The Morgan fingerprint density at radius 1 is 1.36 bits per heavy atom. The lowest BCUT2D eigenvalue weighted by molar-refractivity contribution is -0.150. The predicted molar refractivity (Wildman–Crippen MR) is 52.4 cm³/mol. The molecule has 0 fully saturated rings. The van der Waals surface area contributed by atoms with Crippen molar-refractivity contribution in [1.29, 1.82) is 0 Å². The van der Waals surface area contributed by atoms with E-state index in [1.807, 2.05) is 13.8 Å². The van der Waals surface area contributed by atoms with E-state index in [2.05, 4.69) is 5.32 Å². The third-order valence-corrected chi connectivity index (χ3v) is 1.76. The largest absolute Gasteiger partial charge is 0.480 e. The lowest BCUT2D eigenvalue weighted by Crippen LogP contribution is -2.60. The summed E-state index contributed by atoms with van der Waals surface area (Å²) in [5.74, 6) is -0.963. The molecule has 0 bridgehead atoms. The third-order valence-electron chi connectivity index (χ3n) is 1.76. The predicted octanol–water partition coefficient (Wildman–Crippen LogP) is 0.101. The molecule has 2 N–H and O–H groups in total. The fraction of sp³-hybridized carbons (Fsp3) is 0.889. The topological polar surface area (TPSA) is 67.8 Å². The molecule has 84 valence electrons. The Labute approximate surface area is 84.4 Å². The summed E-state index contributed by atoms with van der Waals surface area (Å²) in [6.45, 7) is 3.91. The fourth-order valence-corrected chi connectivity index (χ4v) is 1.36. The maximum Gasteiger partial charge on any atom is 0.328 e. The Kier molecular flexibility index (Phi) is 5.68. The second-order valence-corrected chi connectivity index (χ2v) is 3.55. The van der Waals surface area contributed by atoms with Crippen molar-refractivity contribution < 1.29 is 19.4 Å². The van der Waals surface area contributed by atoms with Crippen molar-refractivity contribution in [2.24, 2.45) is 0 Å². The molecule has 0 unspecified atom stereocenters. The van der Waals surface area contributed by atoms with Crippen LogP contribution in [-0.4, -0.2) is 50.1 Å². The molecule has 0 aliphatic rings. The van der Waals surface area contributed by atoms with Gasteiger partial charge in [-0.1, -0.05) is 0 Å². The number of ether oxygens (including phenoxy) is 2. The lowest BCUT2D eigenvalue weighted by Gasteiger charge is -2.31. The zero-order valence-electron chi connectivity index (χ0n) is 9.16. The van der Waals surface area contributed by atoms with Crippen LogP contribution in [0.15, 0.2) is 0 Å². The monoisotopic (exact) mass is 205 g/mol. The molecule has 0 aliphatic heterocycles. The van der Waals surface area contributed by atoms with E-state index in [4.69, 9.17) is 14.6 Å². The first-order chi connectivity index (χ1) is 6.48. The second kappa shape index (κ2) is 5.95. The maximum absolute atomic E-state index is 11.1. The van der Waals surface area contributed by atoms with Gasteiger partial charge >= 0.3 is 5.97 Å². The Bertz CT molecular complexity index is 176. The van der Waals surface area contributed by atoms with Gasteiger partial charge in [0.05, 0.1) is 13.2 Å². The van der Waals surface area contributed by atoms with Crippen LogP contribution >= 0.6 is 0 Å². The normalized spacial score (nSPS) is 12.1. The zero-order chi connectivity index (χ0) is 11.2. The van der Waals surface area contributed by atoms with Gasteiger partial charge in [0.2, 0.25) is 0 Å². The van der Waals surface area contributed by atoms with E-state index in [1.54, 1.807) is 0 Å². The second-order valence-electron chi connectivity index (χ2n) is 3.55. The summed E-state index contributed by atoms with van der Waals surface area (Å²) < 4.78 is 9.80. The summed E-state index contributed by atoms with van der Waals surface area (Å²) in [7, 11) is 2.94. The number of methoxy groups -OCH3 is 2. The van der Waals surface area contributed by atoms with Crippen LogP contribution in [0.5, 0.6) is 0 Å². The average molecular weight is 205 g/mol. The molecule has 0 amide bonds. The third kappa shape index (κ3) is 3.61. The molecule has 0 saturated carbocycles. The molecule has 0 rings (SSSR count). The standard InChI is InChI=1S/C9H19NO4/c1-7(2)10-9(5-13-3,6-14-4)8(11)12/h7,10H,5-6H2,1-4H3,(H,11,12). The van der Waals surface area contributed by atoms with Crippen LogP contribution in [0.2, 0.25) is 0 Å². The van der Waals surface area contributed by atoms with Gasteiger partial charge in [0, 0.05) is 20.3 Å². The summed E-state index contributed by atoms with van der Waals surface area (Å²) in [4.78, 5) is 11.1. The van der Waals surface area contributed by atoms with E-state index < -0.39 is 11.5 Å². The number of hydrogen-bond acceptors (Lipinski definition) is 4. The van der Waals surface area contributed by atoms with Crippen molar-refractivity contribution in [3.05, 3.63) is 0 Å². The molecular formula is C9H19NO4. The quantitative estimate of drug-likeness (QED) is 0.617. The molecule has 0 spiro atoms. The molecule has 0 aromatic heterocycles. The minimum atomic E-state index is -1.16. The minimum Gasteiger partial charge on any atom is -0.480 e. The zero-order valence-corrected chi connectivity index (χ0v) is 9.16. The maximum atomic E-state index is 11.1. The Morgan fingerprint density at radius 3 is 2.00 bits per heavy atom. The van der Waals surface area contributed by atoms with Crippen molar-refractivity contribution in [2.45, 2.75) is 25.4 Å². The molecular weight excluding hydrogens is 186 g/mol. The van der Waals surface area contributed by atoms with Gasteiger partial charge < -0.3 is 14.6 Å². The van der Waals surface area contributed by atoms with Gasteiger partial charge in [-0.05, 0) is 13.8 Å². The Balaban J connectivity index is 4.64. The van der Waals surface area contributed by atoms with Crippen LogP contribution in [0.1, 0.15) is 13.8 Å². The highest BCUT2D eigenvalue weighted by Crippen LogP contribution is 2.08. The highest BCUT2D eigenvalue weighted by Gasteiger charge is 2.39. The van der Waals surface area contributed by atoms with Crippen molar-refractivity contribution >= 4 is 5.97 Å². The number of rotatable bonds is 7. The van der Waals surface area contributed by atoms with Crippen molar-refractivity contribution in [1.82, 2.24) is 5.32 Å². The Hall–Kier alpha value is -0.650. The average Bonchev–Trinajstić information content (AvgIpc) is 2.03. The first-order valence-corrected chi connectivity index (χ1v) is 4.47. The van der Waals surface area contributed by atoms with Gasteiger partial charge in [-0.25, -0.2) is 0 Å². The molecule has 0 saturated heterocycles. The Morgan fingerprint density at radius 2 is 1.79 bits per heavy atom. The lowest BCUT2D eigenvalue weighted by atomic mass is 10.0. The molecule has 5 nitrogen and oxygen atoms in total. The van der Waals surface area contributed by atoms with Crippen molar-refractivity contribution in [2.75, 3.05) is 27.4 Å². The highest BCUT2D eigenvalue weighted by molar-refractivity contribution is 5.79. The minimum absolute atomic E-state index is 0.0522. The number of aliphatic carboxylic acids is 1. The first kappa shape index (κ1) is 13.4. The van der Waals surface area contributed by atoms with Gasteiger partial charge in [0.25, 0.3) is 0 Å². The van der Waals surface area contributed by atoms with Crippen LogP contribution in [-0.2, 0) is 14.3 Å². The number of carbonyl (C=O) groups is 1. The van der Waals surface area contributed by atoms with E-state index in [9.17, 15) is 4.79 Å². The summed E-state index contributed by atoms with van der Waals surface area (Å²) in [5, 5.41) is 12.1. The van der Waals surface area contributed by atoms with Gasteiger partial charge in [-0.2, -0.15) is 0 Å².